The van der Waals surface area contributed by atoms with Crippen LogP contribution in [0.3, 0.4) is 0 Å². The van der Waals surface area contributed by atoms with E-state index in [-0.39, 0.29) is 5.91 Å². The number of thiazole rings is 1. The third-order valence-corrected chi connectivity index (χ3v) is 5.20. The summed E-state index contributed by atoms with van der Waals surface area (Å²) in [5, 5.41) is 6.34. The molecule has 2 aromatic rings. The Morgan fingerprint density at radius 1 is 1.29 bits per heavy atom. The van der Waals surface area contributed by atoms with Crippen molar-refractivity contribution < 1.29 is 4.79 Å². The van der Waals surface area contributed by atoms with Crippen LogP contribution in [0.5, 0.6) is 0 Å². The van der Waals surface area contributed by atoms with Crippen molar-refractivity contribution in [2.24, 2.45) is 0 Å². The molecular formula is C18H22ClN3OS. The van der Waals surface area contributed by atoms with E-state index in [9.17, 15) is 4.79 Å². The molecule has 1 amide bonds. The maximum Gasteiger partial charge on any atom is 0.226 e. The third-order valence-electron chi connectivity index (χ3n) is 4.16. The number of halogens is 1. The quantitative estimate of drug-likeness (QED) is 0.829. The monoisotopic (exact) mass is 363 g/mol. The largest absolute Gasteiger partial charge is 0.302 e. The summed E-state index contributed by atoms with van der Waals surface area (Å²) >= 11 is 7.46. The van der Waals surface area contributed by atoms with E-state index in [1.807, 2.05) is 29.6 Å². The summed E-state index contributed by atoms with van der Waals surface area (Å²) in [5.41, 5.74) is 2.12. The maximum absolute atomic E-state index is 12.1. The van der Waals surface area contributed by atoms with Crippen LogP contribution in [0.25, 0.3) is 0 Å². The summed E-state index contributed by atoms with van der Waals surface area (Å²) in [6, 6.07) is 7.63. The molecule has 1 aliphatic heterocycles. The molecule has 1 fully saturated rings. The number of nitrogens with zero attached hydrogens (tertiary/aromatic N) is 2. The lowest BCUT2D eigenvalue weighted by Crippen LogP contribution is -2.29. The Bertz CT molecular complexity index is 682. The Morgan fingerprint density at radius 3 is 2.92 bits per heavy atom. The molecule has 0 unspecified atom stereocenters. The second-order valence-corrected chi connectivity index (χ2v) is 7.45. The van der Waals surface area contributed by atoms with Crippen molar-refractivity contribution in [2.45, 2.75) is 38.6 Å². The summed E-state index contributed by atoms with van der Waals surface area (Å²) in [6.45, 7) is 3.19. The molecule has 1 aromatic carbocycles. The van der Waals surface area contributed by atoms with Crippen molar-refractivity contribution >= 4 is 34.0 Å². The Labute approximate surface area is 151 Å². The summed E-state index contributed by atoms with van der Waals surface area (Å²) in [7, 11) is 0. The number of aryl methyl sites for hydroxylation is 1. The first-order valence-electron chi connectivity index (χ1n) is 8.40. The van der Waals surface area contributed by atoms with Gasteiger partial charge in [0.25, 0.3) is 0 Å². The zero-order valence-electron chi connectivity index (χ0n) is 13.6. The number of carbonyl (C=O) groups excluding carboxylic acids is 1. The molecule has 0 spiro atoms. The van der Waals surface area contributed by atoms with E-state index in [2.05, 4.69) is 15.2 Å². The van der Waals surface area contributed by atoms with E-state index >= 15 is 0 Å². The predicted octanol–water partition coefficient (Wildman–Crippen LogP) is 4.35. The van der Waals surface area contributed by atoms with Gasteiger partial charge in [0.1, 0.15) is 0 Å². The van der Waals surface area contributed by atoms with Crippen LogP contribution in [0.2, 0.25) is 5.02 Å². The Balaban J connectivity index is 1.46. The number of nitrogens with one attached hydrogen (secondary N) is 1. The number of anilines is 1. The van der Waals surface area contributed by atoms with Crippen LogP contribution in [-0.2, 0) is 17.8 Å². The summed E-state index contributed by atoms with van der Waals surface area (Å²) in [6.07, 6.45) is 5.00. The molecule has 0 radical (unpaired) electrons. The van der Waals surface area contributed by atoms with Gasteiger partial charge in [-0.15, -0.1) is 11.3 Å². The molecule has 24 heavy (non-hydrogen) atoms. The van der Waals surface area contributed by atoms with Crippen molar-refractivity contribution in [1.29, 1.82) is 0 Å². The number of aromatic nitrogens is 1. The summed E-state index contributed by atoms with van der Waals surface area (Å²) in [4.78, 5) is 19.1. The van der Waals surface area contributed by atoms with Crippen molar-refractivity contribution in [2.75, 3.05) is 18.4 Å². The van der Waals surface area contributed by atoms with Gasteiger partial charge in [-0.05, 0) is 50.0 Å². The fourth-order valence-corrected chi connectivity index (χ4v) is 3.85. The number of piperidine rings is 1. The highest BCUT2D eigenvalue weighted by molar-refractivity contribution is 7.13. The second kappa shape index (κ2) is 8.60. The normalized spacial score (nSPS) is 15.4. The minimum absolute atomic E-state index is 0.00570. The zero-order valence-corrected chi connectivity index (χ0v) is 15.2. The molecule has 128 valence electrons. The third kappa shape index (κ3) is 5.30. The summed E-state index contributed by atoms with van der Waals surface area (Å²) in [5.74, 6) is -0.00570. The minimum Gasteiger partial charge on any atom is -0.302 e. The van der Waals surface area contributed by atoms with E-state index < -0.39 is 0 Å². The van der Waals surface area contributed by atoms with Gasteiger partial charge in [-0.25, -0.2) is 4.98 Å². The van der Waals surface area contributed by atoms with Crippen molar-refractivity contribution in [3.05, 3.63) is 45.9 Å². The van der Waals surface area contributed by atoms with E-state index in [1.54, 1.807) is 0 Å². The Kier molecular flexibility index (Phi) is 6.24. The van der Waals surface area contributed by atoms with Crippen LogP contribution >= 0.6 is 22.9 Å². The van der Waals surface area contributed by atoms with Gasteiger partial charge < -0.3 is 5.32 Å². The lowest BCUT2D eigenvalue weighted by Gasteiger charge is -2.25. The average Bonchev–Trinajstić information content (AvgIpc) is 3.01. The molecule has 4 nitrogen and oxygen atoms in total. The van der Waals surface area contributed by atoms with Gasteiger partial charge in [0, 0.05) is 23.4 Å². The number of carbonyl (C=O) groups is 1. The van der Waals surface area contributed by atoms with Gasteiger partial charge >= 0.3 is 0 Å². The molecule has 3 rings (SSSR count). The highest BCUT2D eigenvalue weighted by Gasteiger charge is 2.13. The van der Waals surface area contributed by atoms with Crippen molar-refractivity contribution in [3.63, 3.8) is 0 Å². The first-order valence-corrected chi connectivity index (χ1v) is 9.66. The molecule has 0 saturated carbocycles. The molecule has 0 atom stereocenters. The van der Waals surface area contributed by atoms with Gasteiger partial charge in [0.2, 0.25) is 5.91 Å². The van der Waals surface area contributed by atoms with Crippen LogP contribution in [0.15, 0.2) is 29.6 Å². The number of amides is 1. The average molecular weight is 364 g/mol. The SMILES string of the molecule is O=C(CCc1cccc(Cl)c1)Nc1nc(CN2CCCCC2)cs1. The first kappa shape index (κ1) is 17.4. The topological polar surface area (TPSA) is 45.2 Å². The van der Waals surface area contributed by atoms with Gasteiger partial charge in [-0.3, -0.25) is 9.69 Å². The van der Waals surface area contributed by atoms with Gasteiger partial charge in [0.15, 0.2) is 5.13 Å². The Hall–Kier alpha value is -1.43. The lowest BCUT2D eigenvalue weighted by atomic mass is 10.1. The molecular weight excluding hydrogens is 342 g/mol. The first-order chi connectivity index (χ1) is 11.7. The minimum atomic E-state index is -0.00570. The zero-order chi connectivity index (χ0) is 16.8. The van der Waals surface area contributed by atoms with Gasteiger partial charge in [0.05, 0.1) is 5.69 Å². The molecule has 1 saturated heterocycles. The molecule has 1 aromatic heterocycles. The highest BCUT2D eigenvalue weighted by Crippen LogP contribution is 2.19. The van der Waals surface area contributed by atoms with Gasteiger partial charge in [-0.1, -0.05) is 30.2 Å². The maximum atomic E-state index is 12.1. The fraction of sp³-hybridized carbons (Fsp3) is 0.444. The molecule has 2 heterocycles. The summed E-state index contributed by atoms with van der Waals surface area (Å²) < 4.78 is 0. The van der Waals surface area contributed by atoms with E-state index in [0.29, 0.717) is 23.0 Å². The predicted molar refractivity (Wildman–Crippen MR) is 99.6 cm³/mol. The van der Waals surface area contributed by atoms with Crippen LogP contribution in [0, 0.1) is 0 Å². The number of rotatable bonds is 6. The van der Waals surface area contributed by atoms with E-state index in [1.165, 1.54) is 30.6 Å². The molecule has 1 N–H and O–H groups in total. The van der Waals surface area contributed by atoms with Crippen LogP contribution in [0.1, 0.15) is 36.9 Å². The van der Waals surface area contributed by atoms with E-state index in [0.717, 1.165) is 30.9 Å². The number of hydrogen-bond acceptors (Lipinski definition) is 4. The van der Waals surface area contributed by atoms with Crippen LogP contribution in [0.4, 0.5) is 5.13 Å². The molecule has 0 bridgehead atoms. The lowest BCUT2D eigenvalue weighted by molar-refractivity contribution is -0.116. The number of benzene rings is 1. The van der Waals surface area contributed by atoms with Crippen LogP contribution in [-0.4, -0.2) is 28.9 Å². The highest BCUT2D eigenvalue weighted by atomic mass is 35.5. The number of hydrogen-bond donors (Lipinski definition) is 1. The molecule has 6 heteroatoms. The van der Waals surface area contributed by atoms with Crippen LogP contribution < -0.4 is 5.32 Å². The molecule has 1 aliphatic rings. The van der Waals surface area contributed by atoms with Crippen molar-refractivity contribution in [3.8, 4) is 0 Å². The fourth-order valence-electron chi connectivity index (χ4n) is 2.92. The van der Waals surface area contributed by atoms with Gasteiger partial charge in [-0.2, -0.15) is 0 Å². The smallest absolute Gasteiger partial charge is 0.226 e. The number of likely N-dealkylation sites (tertiary alicyclic amines) is 1. The Morgan fingerprint density at radius 2 is 2.12 bits per heavy atom. The van der Waals surface area contributed by atoms with E-state index in [4.69, 9.17) is 11.6 Å². The second-order valence-electron chi connectivity index (χ2n) is 6.16. The van der Waals surface area contributed by atoms with Crippen molar-refractivity contribution in [1.82, 2.24) is 9.88 Å². The molecule has 0 aliphatic carbocycles. The standard InChI is InChI=1S/C18H22ClN3OS/c19-15-6-4-5-14(11-15)7-8-17(23)21-18-20-16(13-24-18)12-22-9-2-1-3-10-22/h4-6,11,13H,1-3,7-10,12H2,(H,20,21,23).